The van der Waals surface area contributed by atoms with Crippen LogP contribution >= 0.6 is 0 Å². The largest absolute Gasteiger partial charge is 0.308 e. The molecule has 0 amide bonds. The minimum atomic E-state index is 0.479. The van der Waals surface area contributed by atoms with E-state index in [0.717, 1.165) is 6.04 Å². The molecule has 1 aliphatic heterocycles. The van der Waals surface area contributed by atoms with Gasteiger partial charge in [-0.1, -0.05) is 32.1 Å². The van der Waals surface area contributed by atoms with E-state index in [1.807, 2.05) is 0 Å². The molecule has 0 radical (unpaired) electrons. The molecule has 2 heteroatoms. The summed E-state index contributed by atoms with van der Waals surface area (Å²) < 4.78 is 0. The average Bonchev–Trinajstić information content (AvgIpc) is 2.82. The Labute approximate surface area is 113 Å². The Hall–Kier alpha value is -0.0800. The van der Waals surface area contributed by atoms with Crippen LogP contribution in [0.15, 0.2) is 0 Å². The van der Waals surface area contributed by atoms with Crippen LogP contribution in [0.3, 0.4) is 0 Å². The maximum Gasteiger partial charge on any atom is 0.0309 e. The molecule has 2 aliphatic carbocycles. The van der Waals surface area contributed by atoms with E-state index in [2.05, 4.69) is 24.1 Å². The van der Waals surface area contributed by atoms with Gasteiger partial charge in [0, 0.05) is 30.2 Å². The van der Waals surface area contributed by atoms with Crippen molar-refractivity contribution in [3.8, 4) is 0 Å². The summed E-state index contributed by atoms with van der Waals surface area (Å²) in [5.41, 5.74) is 0.975. The highest BCUT2D eigenvalue weighted by Crippen LogP contribution is 2.40. The molecule has 1 spiro atoms. The van der Waals surface area contributed by atoms with Crippen molar-refractivity contribution < 1.29 is 0 Å². The fourth-order valence-corrected chi connectivity index (χ4v) is 4.72. The van der Waals surface area contributed by atoms with Gasteiger partial charge in [0.05, 0.1) is 0 Å². The van der Waals surface area contributed by atoms with Crippen LogP contribution in [0, 0.1) is 0 Å². The van der Waals surface area contributed by atoms with Gasteiger partial charge in [-0.25, -0.2) is 0 Å². The Balaban J connectivity index is 1.76. The SMILES string of the molecule is CC1CNC2(CCCC2)CN1C1(C)CCCCC1. The molecular formula is C16H30N2. The van der Waals surface area contributed by atoms with Gasteiger partial charge in [0.15, 0.2) is 0 Å². The van der Waals surface area contributed by atoms with Crippen molar-refractivity contribution in [1.82, 2.24) is 10.2 Å². The summed E-state index contributed by atoms with van der Waals surface area (Å²) in [6.45, 7) is 7.48. The molecule has 18 heavy (non-hydrogen) atoms. The Bertz CT molecular complexity index is 287. The average molecular weight is 250 g/mol. The predicted octanol–water partition coefficient (Wildman–Crippen LogP) is 3.32. The quantitative estimate of drug-likeness (QED) is 0.768. The van der Waals surface area contributed by atoms with E-state index in [0.29, 0.717) is 11.1 Å². The zero-order valence-corrected chi connectivity index (χ0v) is 12.3. The predicted molar refractivity (Wildman–Crippen MR) is 76.9 cm³/mol. The standard InChI is InChI=1S/C16H30N2/c1-14-12-17-16(10-6-7-11-16)13-18(14)15(2)8-4-3-5-9-15/h14,17H,3-13H2,1-2H3. The summed E-state index contributed by atoms with van der Waals surface area (Å²) >= 11 is 0. The highest BCUT2D eigenvalue weighted by atomic mass is 15.3. The number of nitrogens with one attached hydrogen (secondary N) is 1. The van der Waals surface area contributed by atoms with E-state index >= 15 is 0 Å². The monoisotopic (exact) mass is 250 g/mol. The van der Waals surface area contributed by atoms with Gasteiger partial charge in [-0.05, 0) is 39.5 Å². The summed E-state index contributed by atoms with van der Waals surface area (Å²) in [5, 5.41) is 3.89. The van der Waals surface area contributed by atoms with Crippen molar-refractivity contribution in [2.24, 2.45) is 0 Å². The molecule has 0 bridgehead atoms. The number of hydrogen-bond acceptors (Lipinski definition) is 2. The van der Waals surface area contributed by atoms with E-state index in [-0.39, 0.29) is 0 Å². The van der Waals surface area contributed by atoms with Gasteiger partial charge in [-0.2, -0.15) is 0 Å². The third-order valence-electron chi connectivity index (χ3n) is 5.96. The Morgan fingerprint density at radius 2 is 1.56 bits per heavy atom. The maximum absolute atomic E-state index is 3.89. The van der Waals surface area contributed by atoms with Gasteiger partial charge in [0.2, 0.25) is 0 Å². The smallest absolute Gasteiger partial charge is 0.0309 e. The van der Waals surface area contributed by atoms with E-state index < -0.39 is 0 Å². The summed E-state index contributed by atoms with van der Waals surface area (Å²) in [6.07, 6.45) is 12.9. The van der Waals surface area contributed by atoms with Crippen LogP contribution in [0.4, 0.5) is 0 Å². The van der Waals surface area contributed by atoms with Crippen LogP contribution in [0.2, 0.25) is 0 Å². The van der Waals surface area contributed by atoms with Crippen molar-refractivity contribution in [2.75, 3.05) is 13.1 Å². The molecule has 104 valence electrons. The van der Waals surface area contributed by atoms with E-state index in [1.54, 1.807) is 0 Å². The first-order valence-electron chi connectivity index (χ1n) is 8.15. The summed E-state index contributed by atoms with van der Waals surface area (Å²) in [4.78, 5) is 2.88. The normalized spacial score (nSPS) is 36.0. The lowest BCUT2D eigenvalue weighted by atomic mass is 9.78. The molecular weight excluding hydrogens is 220 g/mol. The molecule has 1 unspecified atom stereocenters. The van der Waals surface area contributed by atoms with Crippen molar-refractivity contribution >= 4 is 0 Å². The second-order valence-electron chi connectivity index (χ2n) is 7.40. The van der Waals surface area contributed by atoms with Gasteiger partial charge >= 0.3 is 0 Å². The van der Waals surface area contributed by atoms with E-state index in [4.69, 9.17) is 0 Å². The van der Waals surface area contributed by atoms with Gasteiger partial charge in [0.1, 0.15) is 0 Å². The number of rotatable bonds is 1. The topological polar surface area (TPSA) is 15.3 Å². The van der Waals surface area contributed by atoms with Crippen LogP contribution < -0.4 is 5.32 Å². The second-order valence-corrected chi connectivity index (χ2v) is 7.40. The zero-order valence-electron chi connectivity index (χ0n) is 12.3. The molecule has 3 fully saturated rings. The highest BCUT2D eigenvalue weighted by Gasteiger charge is 2.45. The molecule has 0 aromatic heterocycles. The highest BCUT2D eigenvalue weighted by molar-refractivity contribution is 5.04. The van der Waals surface area contributed by atoms with Gasteiger partial charge in [-0.15, -0.1) is 0 Å². The molecule has 1 N–H and O–H groups in total. The summed E-state index contributed by atoms with van der Waals surface area (Å²) in [7, 11) is 0. The van der Waals surface area contributed by atoms with Crippen LogP contribution in [0.25, 0.3) is 0 Å². The molecule has 1 saturated heterocycles. The van der Waals surface area contributed by atoms with E-state index in [9.17, 15) is 0 Å². The number of piperazine rings is 1. The van der Waals surface area contributed by atoms with Gasteiger partial charge < -0.3 is 5.32 Å². The Morgan fingerprint density at radius 1 is 0.944 bits per heavy atom. The maximum atomic E-state index is 3.89. The zero-order chi connectivity index (χ0) is 12.6. The summed E-state index contributed by atoms with van der Waals surface area (Å²) in [6, 6.07) is 0.722. The van der Waals surface area contributed by atoms with Crippen LogP contribution in [-0.4, -0.2) is 35.1 Å². The fourth-order valence-electron chi connectivity index (χ4n) is 4.72. The molecule has 1 heterocycles. The first-order chi connectivity index (χ1) is 8.64. The summed E-state index contributed by atoms with van der Waals surface area (Å²) in [5.74, 6) is 0. The molecule has 3 rings (SSSR count). The number of nitrogens with zero attached hydrogens (tertiary/aromatic N) is 1. The molecule has 3 aliphatic rings. The Kier molecular flexibility index (Phi) is 3.44. The van der Waals surface area contributed by atoms with Gasteiger partial charge in [0.25, 0.3) is 0 Å². The minimum Gasteiger partial charge on any atom is -0.308 e. The molecule has 1 atom stereocenters. The Morgan fingerprint density at radius 3 is 2.22 bits per heavy atom. The minimum absolute atomic E-state index is 0.479. The first-order valence-corrected chi connectivity index (χ1v) is 8.15. The van der Waals surface area contributed by atoms with Crippen molar-refractivity contribution in [3.63, 3.8) is 0 Å². The van der Waals surface area contributed by atoms with Crippen LogP contribution in [-0.2, 0) is 0 Å². The van der Waals surface area contributed by atoms with Crippen molar-refractivity contribution in [2.45, 2.75) is 88.8 Å². The van der Waals surface area contributed by atoms with Gasteiger partial charge in [-0.3, -0.25) is 4.90 Å². The lowest BCUT2D eigenvalue weighted by Gasteiger charge is -2.54. The third kappa shape index (κ3) is 2.22. The molecule has 0 aromatic rings. The second kappa shape index (κ2) is 4.79. The lowest BCUT2D eigenvalue weighted by molar-refractivity contribution is -0.0202. The van der Waals surface area contributed by atoms with Crippen LogP contribution in [0.5, 0.6) is 0 Å². The fraction of sp³-hybridized carbons (Fsp3) is 1.00. The lowest BCUT2D eigenvalue weighted by Crippen LogP contribution is -2.67. The van der Waals surface area contributed by atoms with Crippen molar-refractivity contribution in [3.05, 3.63) is 0 Å². The van der Waals surface area contributed by atoms with E-state index in [1.165, 1.54) is 70.9 Å². The third-order valence-corrected chi connectivity index (χ3v) is 5.96. The van der Waals surface area contributed by atoms with Crippen molar-refractivity contribution in [1.29, 1.82) is 0 Å². The first kappa shape index (κ1) is 12.9. The molecule has 2 nitrogen and oxygen atoms in total. The van der Waals surface area contributed by atoms with Crippen LogP contribution in [0.1, 0.15) is 71.6 Å². The number of hydrogen-bond donors (Lipinski definition) is 1. The molecule has 0 aromatic carbocycles. The molecule has 2 saturated carbocycles.